The van der Waals surface area contributed by atoms with Gasteiger partial charge >= 0.3 is 0 Å². The van der Waals surface area contributed by atoms with Crippen LogP contribution in [0.5, 0.6) is 0 Å². The van der Waals surface area contributed by atoms with Crippen molar-refractivity contribution in [1.82, 2.24) is 4.98 Å². The third kappa shape index (κ3) is 4.45. The normalized spacial score (nSPS) is 10.4. The lowest BCUT2D eigenvalue weighted by molar-refractivity contribution is 0.102. The van der Waals surface area contributed by atoms with Crippen LogP contribution >= 0.6 is 0 Å². The van der Waals surface area contributed by atoms with Crippen LogP contribution in [-0.2, 0) is 13.0 Å². The third-order valence-electron chi connectivity index (χ3n) is 4.05. The highest BCUT2D eigenvalue weighted by Crippen LogP contribution is 2.15. The molecule has 132 valence electrons. The Morgan fingerprint density at radius 1 is 1.04 bits per heavy atom. The number of aromatic nitrogens is 1. The lowest BCUT2D eigenvalue weighted by atomic mass is 10.1. The Morgan fingerprint density at radius 3 is 2.54 bits per heavy atom. The molecule has 4 nitrogen and oxygen atoms in total. The van der Waals surface area contributed by atoms with Gasteiger partial charge in [-0.2, -0.15) is 0 Å². The molecule has 1 amide bonds. The number of nitrogens with zero attached hydrogens (tertiary/aromatic N) is 1. The molecule has 0 unspecified atom stereocenters. The highest BCUT2D eigenvalue weighted by atomic mass is 19.1. The molecule has 0 spiro atoms. The van der Waals surface area contributed by atoms with Crippen molar-refractivity contribution >= 4 is 17.3 Å². The van der Waals surface area contributed by atoms with Crippen LogP contribution in [0.15, 0.2) is 66.9 Å². The number of hydrogen-bond acceptors (Lipinski definition) is 3. The van der Waals surface area contributed by atoms with Crippen molar-refractivity contribution in [2.45, 2.75) is 19.9 Å². The Hall–Kier alpha value is -3.21. The Morgan fingerprint density at radius 2 is 1.81 bits per heavy atom. The van der Waals surface area contributed by atoms with Crippen LogP contribution in [0.25, 0.3) is 0 Å². The number of carbonyl (C=O) groups is 1. The van der Waals surface area contributed by atoms with E-state index in [4.69, 9.17) is 0 Å². The molecule has 0 aliphatic rings. The second-order valence-electron chi connectivity index (χ2n) is 5.88. The maximum Gasteiger partial charge on any atom is 0.274 e. The van der Waals surface area contributed by atoms with Crippen LogP contribution in [0.1, 0.15) is 28.5 Å². The van der Waals surface area contributed by atoms with Gasteiger partial charge in [0, 0.05) is 29.7 Å². The molecule has 0 aliphatic carbocycles. The molecule has 1 heterocycles. The zero-order chi connectivity index (χ0) is 18.4. The van der Waals surface area contributed by atoms with Crippen LogP contribution in [0.2, 0.25) is 0 Å². The molecular formula is C21H20FN3O. The maximum absolute atomic E-state index is 13.7. The van der Waals surface area contributed by atoms with Crippen molar-refractivity contribution in [3.05, 3.63) is 89.5 Å². The third-order valence-corrected chi connectivity index (χ3v) is 4.05. The standard InChI is InChI=1S/C21H20FN3O/c1-2-15-7-9-17(10-8-15)25-21(26)20-13-18(11-12-23-20)24-14-16-5-3-4-6-19(16)22/h3-13H,2,14H2,1H3,(H,23,24)(H,25,26). The summed E-state index contributed by atoms with van der Waals surface area (Å²) in [5.41, 5.74) is 3.49. The topological polar surface area (TPSA) is 54.0 Å². The van der Waals surface area contributed by atoms with Gasteiger partial charge in [-0.25, -0.2) is 4.39 Å². The predicted octanol–water partition coefficient (Wildman–Crippen LogP) is 4.65. The van der Waals surface area contributed by atoms with Gasteiger partial charge in [-0.15, -0.1) is 0 Å². The highest BCUT2D eigenvalue weighted by Gasteiger charge is 2.09. The summed E-state index contributed by atoms with van der Waals surface area (Å²) in [6.07, 6.45) is 2.50. The van der Waals surface area contributed by atoms with Gasteiger partial charge in [0.1, 0.15) is 11.5 Å². The fourth-order valence-corrected chi connectivity index (χ4v) is 2.52. The van der Waals surface area contributed by atoms with Crippen LogP contribution in [0.4, 0.5) is 15.8 Å². The molecule has 0 fully saturated rings. The minimum absolute atomic E-state index is 0.262. The van der Waals surface area contributed by atoms with Crippen LogP contribution in [-0.4, -0.2) is 10.9 Å². The number of pyridine rings is 1. The van der Waals surface area contributed by atoms with E-state index in [9.17, 15) is 9.18 Å². The number of aryl methyl sites for hydroxylation is 1. The lowest BCUT2D eigenvalue weighted by Crippen LogP contribution is -2.14. The summed E-state index contributed by atoms with van der Waals surface area (Å²) in [5, 5.41) is 5.95. The molecule has 2 aromatic carbocycles. The molecule has 3 aromatic rings. The lowest BCUT2D eigenvalue weighted by Gasteiger charge is -2.09. The van der Waals surface area contributed by atoms with Gasteiger partial charge in [0.2, 0.25) is 0 Å². The molecular weight excluding hydrogens is 329 g/mol. The summed E-state index contributed by atoms with van der Waals surface area (Å²) in [4.78, 5) is 16.5. The van der Waals surface area contributed by atoms with Gasteiger partial charge in [-0.1, -0.05) is 37.3 Å². The van der Waals surface area contributed by atoms with Gasteiger partial charge in [0.05, 0.1) is 0 Å². The minimum Gasteiger partial charge on any atom is -0.381 e. The highest BCUT2D eigenvalue weighted by molar-refractivity contribution is 6.03. The van der Waals surface area contributed by atoms with Gasteiger partial charge in [-0.05, 0) is 42.3 Å². The zero-order valence-corrected chi connectivity index (χ0v) is 14.5. The van der Waals surface area contributed by atoms with E-state index in [1.54, 1.807) is 36.5 Å². The van der Waals surface area contributed by atoms with Gasteiger partial charge in [-0.3, -0.25) is 9.78 Å². The molecule has 0 atom stereocenters. The molecule has 26 heavy (non-hydrogen) atoms. The number of amides is 1. The van der Waals surface area contributed by atoms with Gasteiger partial charge < -0.3 is 10.6 Å². The number of carbonyl (C=O) groups excluding carboxylic acids is 1. The number of anilines is 2. The van der Waals surface area contributed by atoms with E-state index in [0.29, 0.717) is 23.5 Å². The second-order valence-corrected chi connectivity index (χ2v) is 5.88. The quantitative estimate of drug-likeness (QED) is 0.681. The van der Waals surface area contributed by atoms with Crippen molar-refractivity contribution in [1.29, 1.82) is 0 Å². The first kappa shape index (κ1) is 17.6. The maximum atomic E-state index is 13.7. The molecule has 0 saturated carbocycles. The summed E-state index contributed by atoms with van der Waals surface area (Å²) in [6, 6.07) is 17.7. The van der Waals surface area contributed by atoms with Crippen LogP contribution < -0.4 is 10.6 Å². The van der Waals surface area contributed by atoms with Gasteiger partial charge in [0.15, 0.2) is 0 Å². The number of nitrogens with one attached hydrogen (secondary N) is 2. The van der Waals surface area contributed by atoms with E-state index in [0.717, 1.165) is 12.1 Å². The van der Waals surface area contributed by atoms with Crippen molar-refractivity contribution in [3.8, 4) is 0 Å². The molecule has 0 bridgehead atoms. The molecule has 1 aromatic heterocycles. The monoisotopic (exact) mass is 349 g/mol. The molecule has 2 N–H and O–H groups in total. The number of hydrogen-bond donors (Lipinski definition) is 2. The molecule has 3 rings (SSSR count). The van der Waals surface area contributed by atoms with Crippen molar-refractivity contribution in [2.75, 3.05) is 10.6 Å². The van der Waals surface area contributed by atoms with E-state index in [1.807, 2.05) is 24.3 Å². The first-order valence-electron chi connectivity index (χ1n) is 8.49. The summed E-state index contributed by atoms with van der Waals surface area (Å²) in [6.45, 7) is 2.41. The summed E-state index contributed by atoms with van der Waals surface area (Å²) in [7, 11) is 0. The van der Waals surface area contributed by atoms with Crippen LogP contribution in [0, 0.1) is 5.82 Å². The molecule has 0 radical (unpaired) electrons. The minimum atomic E-state index is -0.288. The Kier molecular flexibility index (Phi) is 5.59. The van der Waals surface area contributed by atoms with E-state index in [-0.39, 0.29) is 11.7 Å². The fraction of sp³-hybridized carbons (Fsp3) is 0.143. The Bertz CT molecular complexity index is 894. The first-order valence-corrected chi connectivity index (χ1v) is 8.49. The van der Waals surface area contributed by atoms with Crippen molar-refractivity contribution in [2.24, 2.45) is 0 Å². The predicted molar refractivity (Wildman–Crippen MR) is 102 cm³/mol. The summed E-state index contributed by atoms with van der Waals surface area (Å²) >= 11 is 0. The van der Waals surface area contributed by atoms with E-state index in [1.165, 1.54) is 11.6 Å². The second kappa shape index (κ2) is 8.25. The average molecular weight is 349 g/mol. The molecule has 5 heteroatoms. The Balaban J connectivity index is 1.66. The number of benzene rings is 2. The van der Waals surface area contributed by atoms with E-state index in [2.05, 4.69) is 22.5 Å². The largest absolute Gasteiger partial charge is 0.381 e. The smallest absolute Gasteiger partial charge is 0.274 e. The van der Waals surface area contributed by atoms with Crippen LogP contribution in [0.3, 0.4) is 0 Å². The number of halogens is 1. The van der Waals surface area contributed by atoms with E-state index >= 15 is 0 Å². The number of rotatable bonds is 6. The first-order chi connectivity index (χ1) is 12.7. The van der Waals surface area contributed by atoms with Crippen molar-refractivity contribution < 1.29 is 9.18 Å². The molecule has 0 saturated heterocycles. The summed E-state index contributed by atoms with van der Waals surface area (Å²) < 4.78 is 13.7. The van der Waals surface area contributed by atoms with Crippen molar-refractivity contribution in [3.63, 3.8) is 0 Å². The van der Waals surface area contributed by atoms with E-state index < -0.39 is 0 Å². The summed E-state index contributed by atoms with van der Waals surface area (Å²) in [5.74, 6) is -0.550. The zero-order valence-electron chi connectivity index (χ0n) is 14.5. The molecule has 0 aliphatic heterocycles. The fourth-order valence-electron chi connectivity index (χ4n) is 2.52. The SMILES string of the molecule is CCc1ccc(NC(=O)c2cc(NCc3ccccc3F)ccn2)cc1. The average Bonchev–Trinajstić information content (AvgIpc) is 2.68. The Labute approximate surface area is 152 Å². The van der Waals surface area contributed by atoms with Gasteiger partial charge in [0.25, 0.3) is 5.91 Å².